The molecule has 9 nitrogen and oxygen atoms in total. The Bertz CT molecular complexity index is 947. The number of H-pyrrole nitrogens is 1. The third-order valence-electron chi connectivity index (χ3n) is 3.74. The standard InChI is InChI=1S/C18H21N7O2/c1-18(2,3)13-9-14(25-24-13)22-17-20-10-19-16(23-17)21-12-6-4-5-11(7-12)8-15(26)27/h4-7,9-10H,8H2,1-3H3,(H,26,27)(H3,19,20,21,22,23,24,25). The molecule has 4 N–H and O–H groups in total. The molecule has 0 bridgehead atoms. The van der Waals surface area contributed by atoms with E-state index < -0.39 is 5.97 Å². The Morgan fingerprint density at radius 1 is 1.15 bits per heavy atom. The van der Waals surface area contributed by atoms with E-state index in [2.05, 4.69) is 56.6 Å². The van der Waals surface area contributed by atoms with Crippen LogP contribution in [0.25, 0.3) is 0 Å². The van der Waals surface area contributed by atoms with Gasteiger partial charge in [-0.15, -0.1) is 0 Å². The zero-order chi connectivity index (χ0) is 19.4. The maximum Gasteiger partial charge on any atom is 0.307 e. The Morgan fingerprint density at radius 2 is 1.89 bits per heavy atom. The second kappa shape index (κ2) is 7.40. The Labute approximate surface area is 156 Å². The summed E-state index contributed by atoms with van der Waals surface area (Å²) in [6.45, 7) is 6.27. The number of hydrogen-bond acceptors (Lipinski definition) is 7. The highest BCUT2D eigenvalue weighted by Crippen LogP contribution is 2.23. The molecule has 3 aromatic rings. The summed E-state index contributed by atoms with van der Waals surface area (Å²) >= 11 is 0. The van der Waals surface area contributed by atoms with E-state index in [1.165, 1.54) is 6.33 Å². The van der Waals surface area contributed by atoms with Crippen molar-refractivity contribution in [1.29, 1.82) is 0 Å². The minimum absolute atomic E-state index is 0.0419. The van der Waals surface area contributed by atoms with Gasteiger partial charge in [0.25, 0.3) is 0 Å². The first kappa shape index (κ1) is 18.3. The van der Waals surface area contributed by atoms with Gasteiger partial charge in [-0.3, -0.25) is 9.89 Å². The van der Waals surface area contributed by atoms with Crippen LogP contribution in [0.3, 0.4) is 0 Å². The number of nitrogens with one attached hydrogen (secondary N) is 3. The van der Waals surface area contributed by atoms with E-state index >= 15 is 0 Å². The molecule has 9 heteroatoms. The number of aromatic amines is 1. The molecule has 1 aromatic carbocycles. The maximum absolute atomic E-state index is 10.9. The topological polar surface area (TPSA) is 129 Å². The SMILES string of the molecule is CC(C)(C)c1cc(Nc2ncnc(Nc3cccc(CC(=O)O)c3)n2)n[nH]1. The molecule has 2 aromatic heterocycles. The Morgan fingerprint density at radius 3 is 2.56 bits per heavy atom. The molecule has 2 heterocycles. The number of aromatic nitrogens is 5. The number of carboxylic acid groups (broad SMARTS) is 1. The molecule has 0 amide bonds. The third kappa shape index (κ3) is 5.00. The maximum atomic E-state index is 10.9. The van der Waals surface area contributed by atoms with Crippen molar-refractivity contribution in [2.45, 2.75) is 32.6 Å². The molecule has 0 unspecified atom stereocenters. The summed E-state index contributed by atoms with van der Waals surface area (Å²) in [7, 11) is 0. The monoisotopic (exact) mass is 367 g/mol. The van der Waals surface area contributed by atoms with Gasteiger partial charge in [-0.2, -0.15) is 10.1 Å². The van der Waals surface area contributed by atoms with Crippen LogP contribution in [0.4, 0.5) is 23.4 Å². The molecule has 0 saturated carbocycles. The lowest BCUT2D eigenvalue weighted by Gasteiger charge is -2.14. The molecule has 27 heavy (non-hydrogen) atoms. The molecular formula is C18H21N7O2. The highest BCUT2D eigenvalue weighted by atomic mass is 16.4. The van der Waals surface area contributed by atoms with Crippen LogP contribution >= 0.6 is 0 Å². The van der Waals surface area contributed by atoms with E-state index in [-0.39, 0.29) is 11.8 Å². The van der Waals surface area contributed by atoms with Crippen LogP contribution in [-0.2, 0) is 16.6 Å². The van der Waals surface area contributed by atoms with E-state index in [9.17, 15) is 4.79 Å². The minimum Gasteiger partial charge on any atom is -0.481 e. The number of carboxylic acids is 1. The normalized spacial score (nSPS) is 11.2. The molecule has 0 aliphatic carbocycles. The van der Waals surface area contributed by atoms with Crippen LogP contribution in [-0.4, -0.2) is 36.2 Å². The Balaban J connectivity index is 1.72. The smallest absolute Gasteiger partial charge is 0.307 e. The van der Waals surface area contributed by atoms with Gasteiger partial charge < -0.3 is 15.7 Å². The molecule has 0 aliphatic heterocycles. The van der Waals surface area contributed by atoms with Crippen molar-refractivity contribution in [2.24, 2.45) is 0 Å². The molecule has 0 radical (unpaired) electrons. The summed E-state index contributed by atoms with van der Waals surface area (Å²) in [5.74, 6) is 0.417. The molecule has 3 rings (SSSR count). The minimum atomic E-state index is -0.882. The fourth-order valence-corrected chi connectivity index (χ4v) is 2.36. The third-order valence-corrected chi connectivity index (χ3v) is 3.74. The molecular weight excluding hydrogens is 346 g/mol. The van der Waals surface area contributed by atoms with Gasteiger partial charge in [0.15, 0.2) is 5.82 Å². The first-order chi connectivity index (χ1) is 12.8. The molecule has 0 atom stereocenters. The summed E-state index contributed by atoms with van der Waals surface area (Å²) in [6, 6.07) is 8.99. The quantitative estimate of drug-likeness (QED) is 0.523. The van der Waals surface area contributed by atoms with Gasteiger partial charge in [0.1, 0.15) is 6.33 Å². The van der Waals surface area contributed by atoms with Crippen LogP contribution in [0.2, 0.25) is 0 Å². The van der Waals surface area contributed by atoms with Gasteiger partial charge in [0.2, 0.25) is 11.9 Å². The lowest BCUT2D eigenvalue weighted by molar-refractivity contribution is -0.136. The van der Waals surface area contributed by atoms with Crippen LogP contribution in [0.15, 0.2) is 36.7 Å². The van der Waals surface area contributed by atoms with Gasteiger partial charge in [-0.25, -0.2) is 9.97 Å². The van der Waals surface area contributed by atoms with Gasteiger partial charge in [-0.05, 0) is 17.7 Å². The number of aliphatic carboxylic acids is 1. The fraction of sp³-hybridized carbons (Fsp3) is 0.278. The number of carbonyl (C=O) groups is 1. The second-order valence-electron chi connectivity index (χ2n) is 7.07. The zero-order valence-corrected chi connectivity index (χ0v) is 15.3. The summed E-state index contributed by atoms with van der Waals surface area (Å²) in [6.07, 6.45) is 1.34. The van der Waals surface area contributed by atoms with Crippen molar-refractivity contribution in [1.82, 2.24) is 25.1 Å². The molecule has 0 spiro atoms. The van der Waals surface area contributed by atoms with Gasteiger partial charge >= 0.3 is 5.97 Å². The van der Waals surface area contributed by atoms with Crippen molar-refractivity contribution in [3.05, 3.63) is 47.9 Å². The summed E-state index contributed by atoms with van der Waals surface area (Å²) < 4.78 is 0. The van der Waals surface area contributed by atoms with Crippen molar-refractivity contribution in [2.75, 3.05) is 10.6 Å². The predicted octanol–water partition coefficient (Wildman–Crippen LogP) is 3.01. The number of anilines is 4. The van der Waals surface area contributed by atoms with Crippen LogP contribution in [0.1, 0.15) is 32.0 Å². The fourth-order valence-electron chi connectivity index (χ4n) is 2.36. The number of rotatable bonds is 6. The van der Waals surface area contributed by atoms with E-state index in [1.54, 1.807) is 18.2 Å². The van der Waals surface area contributed by atoms with Gasteiger partial charge in [0, 0.05) is 22.9 Å². The van der Waals surface area contributed by atoms with Crippen molar-refractivity contribution >= 4 is 29.4 Å². The largest absolute Gasteiger partial charge is 0.481 e. The average molecular weight is 367 g/mol. The first-order valence-corrected chi connectivity index (χ1v) is 8.39. The van der Waals surface area contributed by atoms with Crippen molar-refractivity contribution in [3.63, 3.8) is 0 Å². The number of nitrogens with zero attached hydrogens (tertiary/aromatic N) is 4. The lowest BCUT2D eigenvalue weighted by atomic mass is 9.92. The van der Waals surface area contributed by atoms with E-state index in [4.69, 9.17) is 5.11 Å². The van der Waals surface area contributed by atoms with Crippen molar-refractivity contribution < 1.29 is 9.90 Å². The Hall–Kier alpha value is -3.49. The van der Waals surface area contributed by atoms with Crippen LogP contribution in [0.5, 0.6) is 0 Å². The van der Waals surface area contributed by atoms with Gasteiger partial charge in [0.05, 0.1) is 6.42 Å². The van der Waals surface area contributed by atoms with E-state index in [0.717, 1.165) is 5.69 Å². The predicted molar refractivity (Wildman–Crippen MR) is 101 cm³/mol. The molecule has 0 fully saturated rings. The van der Waals surface area contributed by atoms with Gasteiger partial charge in [-0.1, -0.05) is 32.9 Å². The lowest BCUT2D eigenvalue weighted by Crippen LogP contribution is -2.11. The molecule has 0 aliphatic rings. The molecule has 0 saturated heterocycles. The van der Waals surface area contributed by atoms with Crippen LogP contribution in [0, 0.1) is 0 Å². The van der Waals surface area contributed by atoms with Crippen molar-refractivity contribution in [3.8, 4) is 0 Å². The zero-order valence-electron chi connectivity index (χ0n) is 15.3. The molecule has 140 valence electrons. The second-order valence-corrected chi connectivity index (χ2v) is 7.07. The highest BCUT2D eigenvalue weighted by molar-refractivity contribution is 5.71. The summed E-state index contributed by atoms with van der Waals surface area (Å²) in [5.41, 5.74) is 2.33. The number of benzene rings is 1. The van der Waals surface area contributed by atoms with Crippen LogP contribution < -0.4 is 10.6 Å². The van der Waals surface area contributed by atoms with E-state index in [0.29, 0.717) is 29.0 Å². The highest BCUT2D eigenvalue weighted by Gasteiger charge is 2.17. The van der Waals surface area contributed by atoms with E-state index in [1.807, 2.05) is 12.1 Å². The Kier molecular flexibility index (Phi) is 5.02. The summed E-state index contributed by atoms with van der Waals surface area (Å²) in [5, 5.41) is 22.2. The average Bonchev–Trinajstić information content (AvgIpc) is 3.04. The number of hydrogen-bond donors (Lipinski definition) is 4. The summed E-state index contributed by atoms with van der Waals surface area (Å²) in [4.78, 5) is 23.4. The first-order valence-electron chi connectivity index (χ1n) is 8.39.